The maximum absolute atomic E-state index is 13.2. The number of nitrogens with zero attached hydrogens (tertiary/aromatic N) is 1. The molecule has 0 saturated heterocycles. The van der Waals surface area contributed by atoms with Crippen LogP contribution >= 0.6 is 0 Å². The van der Waals surface area contributed by atoms with E-state index < -0.39 is 23.5 Å². The summed E-state index contributed by atoms with van der Waals surface area (Å²) in [5, 5.41) is 9.69. The zero-order valence-electron chi connectivity index (χ0n) is 16.5. The summed E-state index contributed by atoms with van der Waals surface area (Å²) in [5.41, 5.74) is -5.68. The molecule has 1 amide bonds. The molecular weight excluding hydrogens is 412 g/mol. The minimum absolute atomic E-state index is 0.153. The molecular formula is C21H25F6NO2. The molecule has 0 spiro atoms. The number of benzene rings is 1. The van der Waals surface area contributed by atoms with E-state index in [1.54, 1.807) is 0 Å². The lowest BCUT2D eigenvalue weighted by atomic mass is 9.86. The molecule has 0 atom stereocenters. The van der Waals surface area contributed by atoms with Crippen LogP contribution in [0.2, 0.25) is 0 Å². The lowest BCUT2D eigenvalue weighted by Gasteiger charge is -2.33. The summed E-state index contributed by atoms with van der Waals surface area (Å²) in [6.45, 7) is 0.376. The number of anilines is 1. The van der Waals surface area contributed by atoms with E-state index in [1.165, 1.54) is 4.90 Å². The van der Waals surface area contributed by atoms with Gasteiger partial charge in [0.25, 0.3) is 5.60 Å². The minimum Gasteiger partial charge on any atom is -0.369 e. The largest absolute Gasteiger partial charge is 0.430 e. The highest BCUT2D eigenvalue weighted by Crippen LogP contribution is 2.50. The smallest absolute Gasteiger partial charge is 0.369 e. The predicted octanol–water partition coefficient (Wildman–Crippen LogP) is 5.64. The van der Waals surface area contributed by atoms with Gasteiger partial charge < -0.3 is 10.0 Å². The molecule has 1 heterocycles. The number of halogens is 6. The second-order valence-electron chi connectivity index (χ2n) is 8.26. The normalized spacial score (nSPS) is 19.4. The van der Waals surface area contributed by atoms with E-state index in [9.17, 15) is 36.2 Å². The van der Waals surface area contributed by atoms with Gasteiger partial charge in [-0.1, -0.05) is 31.4 Å². The van der Waals surface area contributed by atoms with E-state index in [0.717, 1.165) is 44.2 Å². The van der Waals surface area contributed by atoms with Crippen molar-refractivity contribution < 1.29 is 36.2 Å². The number of carbonyl (C=O) groups is 1. The summed E-state index contributed by atoms with van der Waals surface area (Å²) in [5.74, 6) is 0.109. The molecule has 1 aromatic carbocycles. The van der Waals surface area contributed by atoms with Crippen LogP contribution in [0, 0.1) is 5.92 Å². The molecule has 3 nitrogen and oxygen atoms in total. The average Bonchev–Trinajstić information content (AvgIpc) is 2.88. The number of hydrogen-bond donors (Lipinski definition) is 1. The fourth-order valence-electron chi connectivity index (χ4n) is 4.48. The van der Waals surface area contributed by atoms with Crippen molar-refractivity contribution in [2.75, 3.05) is 11.4 Å². The Bertz CT molecular complexity index is 754. The molecule has 30 heavy (non-hydrogen) atoms. The SMILES string of the molecule is O=C(CC1CCCCC1)N1CCCCc2cc(C(O)(C(F)(F)F)C(F)(F)F)ccc21. The van der Waals surface area contributed by atoms with Gasteiger partial charge in [0.1, 0.15) is 0 Å². The first-order valence-corrected chi connectivity index (χ1v) is 10.2. The van der Waals surface area contributed by atoms with Gasteiger partial charge >= 0.3 is 12.4 Å². The average molecular weight is 437 g/mol. The van der Waals surface area contributed by atoms with E-state index in [2.05, 4.69) is 0 Å². The molecule has 0 bridgehead atoms. The molecule has 1 aliphatic carbocycles. The number of aryl methyl sites for hydroxylation is 1. The predicted molar refractivity (Wildman–Crippen MR) is 98.9 cm³/mol. The van der Waals surface area contributed by atoms with E-state index >= 15 is 0 Å². The van der Waals surface area contributed by atoms with Crippen molar-refractivity contribution in [2.24, 2.45) is 5.92 Å². The Morgan fingerprint density at radius 2 is 1.60 bits per heavy atom. The first kappa shape index (κ1) is 22.9. The van der Waals surface area contributed by atoms with Crippen LogP contribution in [0.3, 0.4) is 0 Å². The number of amides is 1. The van der Waals surface area contributed by atoms with Gasteiger partial charge in [0.15, 0.2) is 0 Å². The standard InChI is InChI=1S/C21H25F6NO2/c22-20(23,24)19(30,21(25,26)27)16-9-10-17-15(13-16)8-4-5-11-28(17)18(29)12-14-6-2-1-3-7-14/h9-10,13-14,30H,1-8,11-12H2. The summed E-state index contributed by atoms with van der Waals surface area (Å²) >= 11 is 0. The van der Waals surface area contributed by atoms with E-state index in [-0.39, 0.29) is 23.8 Å². The zero-order valence-corrected chi connectivity index (χ0v) is 16.5. The summed E-state index contributed by atoms with van der Waals surface area (Å²) in [6, 6.07) is 2.49. The lowest BCUT2D eigenvalue weighted by molar-refractivity contribution is -0.376. The van der Waals surface area contributed by atoms with E-state index in [0.29, 0.717) is 37.6 Å². The molecule has 1 aliphatic heterocycles. The fourth-order valence-corrected chi connectivity index (χ4v) is 4.48. The molecule has 168 valence electrons. The number of alkyl halides is 6. The second-order valence-corrected chi connectivity index (χ2v) is 8.26. The first-order chi connectivity index (χ1) is 13.9. The molecule has 2 aliphatic rings. The van der Waals surface area contributed by atoms with Gasteiger partial charge in [-0.2, -0.15) is 26.3 Å². The summed E-state index contributed by atoms with van der Waals surface area (Å²) in [6.07, 6.45) is -4.99. The number of aliphatic hydroxyl groups is 1. The topological polar surface area (TPSA) is 40.5 Å². The lowest BCUT2D eigenvalue weighted by Crippen LogP contribution is -2.54. The molecule has 3 rings (SSSR count). The second kappa shape index (κ2) is 8.40. The van der Waals surface area contributed by atoms with Crippen molar-refractivity contribution in [3.05, 3.63) is 29.3 Å². The van der Waals surface area contributed by atoms with Crippen molar-refractivity contribution in [1.82, 2.24) is 0 Å². The maximum Gasteiger partial charge on any atom is 0.430 e. The van der Waals surface area contributed by atoms with Crippen LogP contribution in [-0.4, -0.2) is 29.9 Å². The van der Waals surface area contributed by atoms with Crippen LogP contribution in [0.5, 0.6) is 0 Å². The fraction of sp³-hybridized carbons (Fsp3) is 0.667. The van der Waals surface area contributed by atoms with Crippen molar-refractivity contribution >= 4 is 11.6 Å². The zero-order chi connectivity index (χ0) is 22.2. The van der Waals surface area contributed by atoms with Crippen molar-refractivity contribution in [2.45, 2.75) is 75.7 Å². The van der Waals surface area contributed by atoms with Crippen LogP contribution in [0.25, 0.3) is 0 Å². The van der Waals surface area contributed by atoms with E-state index in [4.69, 9.17) is 0 Å². The monoisotopic (exact) mass is 437 g/mol. The Kier molecular flexibility index (Phi) is 6.41. The van der Waals surface area contributed by atoms with Crippen molar-refractivity contribution in [3.63, 3.8) is 0 Å². The van der Waals surface area contributed by atoms with Crippen LogP contribution in [0.15, 0.2) is 18.2 Å². The summed E-state index contributed by atoms with van der Waals surface area (Å²) < 4.78 is 79.4. The van der Waals surface area contributed by atoms with Crippen molar-refractivity contribution in [1.29, 1.82) is 0 Å². The number of hydrogen-bond acceptors (Lipinski definition) is 2. The third-order valence-electron chi connectivity index (χ3n) is 6.18. The molecule has 1 N–H and O–H groups in total. The third kappa shape index (κ3) is 4.31. The molecule has 9 heteroatoms. The molecule has 0 radical (unpaired) electrons. The number of fused-ring (bicyclic) bond motifs is 1. The molecule has 1 saturated carbocycles. The first-order valence-electron chi connectivity index (χ1n) is 10.2. The van der Waals surface area contributed by atoms with Gasteiger partial charge in [-0.15, -0.1) is 0 Å². The van der Waals surface area contributed by atoms with Crippen LogP contribution in [0.1, 0.15) is 62.5 Å². The highest BCUT2D eigenvalue weighted by molar-refractivity contribution is 5.94. The van der Waals surface area contributed by atoms with Crippen LogP contribution in [-0.2, 0) is 16.8 Å². The van der Waals surface area contributed by atoms with Crippen LogP contribution < -0.4 is 4.90 Å². The Hall–Kier alpha value is -1.77. The van der Waals surface area contributed by atoms with Gasteiger partial charge in [0.2, 0.25) is 5.91 Å². The van der Waals surface area contributed by atoms with E-state index in [1.807, 2.05) is 0 Å². The molecule has 1 aromatic rings. The van der Waals surface area contributed by atoms with Gasteiger partial charge in [0, 0.05) is 24.2 Å². The maximum atomic E-state index is 13.2. The van der Waals surface area contributed by atoms with Gasteiger partial charge in [-0.05, 0) is 49.7 Å². The molecule has 0 unspecified atom stereocenters. The molecule has 1 fully saturated rings. The number of carbonyl (C=O) groups excluding carboxylic acids is 1. The summed E-state index contributed by atoms with van der Waals surface area (Å²) in [7, 11) is 0. The minimum atomic E-state index is -5.93. The van der Waals surface area contributed by atoms with Crippen LogP contribution in [0.4, 0.5) is 32.0 Å². The number of rotatable bonds is 3. The highest BCUT2D eigenvalue weighted by Gasteiger charge is 2.71. The Balaban J connectivity index is 1.94. The quantitative estimate of drug-likeness (QED) is 0.622. The van der Waals surface area contributed by atoms with Gasteiger partial charge in [-0.3, -0.25) is 4.79 Å². The van der Waals surface area contributed by atoms with Gasteiger partial charge in [0.05, 0.1) is 0 Å². The Morgan fingerprint density at radius 3 is 2.20 bits per heavy atom. The highest BCUT2D eigenvalue weighted by atomic mass is 19.4. The van der Waals surface area contributed by atoms with Gasteiger partial charge in [-0.25, -0.2) is 0 Å². The van der Waals surface area contributed by atoms with Crippen molar-refractivity contribution in [3.8, 4) is 0 Å². The molecule has 0 aromatic heterocycles. The third-order valence-corrected chi connectivity index (χ3v) is 6.18. The summed E-state index contributed by atoms with van der Waals surface area (Å²) in [4.78, 5) is 14.4. The Morgan fingerprint density at radius 1 is 0.967 bits per heavy atom. The Labute approximate surface area is 171 Å².